The Morgan fingerprint density at radius 3 is 2.62 bits per heavy atom. The Morgan fingerprint density at radius 2 is 1.85 bits per heavy atom. The van der Waals surface area contributed by atoms with Crippen LogP contribution in [-0.2, 0) is 12.0 Å². The van der Waals surface area contributed by atoms with Crippen molar-refractivity contribution < 1.29 is 9.15 Å². The number of rotatable bonds is 4. The maximum Gasteiger partial charge on any atom is 0.254 e. The van der Waals surface area contributed by atoms with Gasteiger partial charge < -0.3 is 14.1 Å². The summed E-state index contributed by atoms with van der Waals surface area (Å²) in [6.45, 7) is 6.78. The average Bonchev–Trinajstić information content (AvgIpc) is 3.28. The molecule has 0 aliphatic carbocycles. The molecular formula is C20H20N4O2. The smallest absolute Gasteiger partial charge is 0.254 e. The molecule has 0 atom stereocenters. The predicted octanol–water partition coefficient (Wildman–Crippen LogP) is 4.49. The molecule has 1 N–H and O–H groups in total. The van der Waals surface area contributed by atoms with Crippen LogP contribution in [-0.4, -0.2) is 20.2 Å². The molecule has 132 valence electrons. The highest BCUT2D eigenvalue weighted by Gasteiger charge is 2.15. The summed E-state index contributed by atoms with van der Waals surface area (Å²) in [5.74, 6) is 1.66. The molecule has 3 heterocycles. The van der Waals surface area contributed by atoms with Crippen LogP contribution in [0.4, 0.5) is 0 Å². The van der Waals surface area contributed by atoms with Crippen molar-refractivity contribution in [2.75, 3.05) is 0 Å². The molecule has 0 spiro atoms. The van der Waals surface area contributed by atoms with Gasteiger partial charge in [0.25, 0.3) is 5.89 Å². The van der Waals surface area contributed by atoms with Gasteiger partial charge in [-0.25, -0.2) is 4.98 Å². The highest BCUT2D eigenvalue weighted by atomic mass is 16.5. The molecule has 0 unspecified atom stereocenters. The molecule has 0 amide bonds. The number of aromatic amines is 1. The van der Waals surface area contributed by atoms with Crippen LogP contribution in [0.5, 0.6) is 5.75 Å². The maximum absolute atomic E-state index is 5.77. The largest absolute Gasteiger partial charge is 0.484 e. The van der Waals surface area contributed by atoms with Gasteiger partial charge in [-0.2, -0.15) is 0 Å². The quantitative estimate of drug-likeness (QED) is 0.588. The number of pyridine rings is 1. The van der Waals surface area contributed by atoms with E-state index < -0.39 is 0 Å². The Hall–Kier alpha value is -3.15. The van der Waals surface area contributed by atoms with E-state index in [1.54, 1.807) is 6.20 Å². The zero-order valence-electron chi connectivity index (χ0n) is 15.0. The second-order valence-electron chi connectivity index (χ2n) is 7.16. The topological polar surface area (TPSA) is 76.8 Å². The van der Waals surface area contributed by atoms with Gasteiger partial charge in [-0.1, -0.05) is 32.9 Å². The third-order valence-corrected chi connectivity index (χ3v) is 4.24. The zero-order valence-corrected chi connectivity index (χ0v) is 15.0. The lowest BCUT2D eigenvalue weighted by Crippen LogP contribution is -2.10. The fourth-order valence-electron chi connectivity index (χ4n) is 2.76. The summed E-state index contributed by atoms with van der Waals surface area (Å²) in [7, 11) is 0. The van der Waals surface area contributed by atoms with Crippen molar-refractivity contribution in [2.45, 2.75) is 32.8 Å². The van der Waals surface area contributed by atoms with Crippen LogP contribution < -0.4 is 4.74 Å². The van der Waals surface area contributed by atoms with Crippen LogP contribution in [0.15, 0.2) is 53.2 Å². The first-order valence-corrected chi connectivity index (χ1v) is 8.49. The van der Waals surface area contributed by atoms with E-state index in [0.717, 1.165) is 22.3 Å². The Kier molecular flexibility index (Phi) is 3.95. The van der Waals surface area contributed by atoms with Crippen molar-refractivity contribution in [1.29, 1.82) is 0 Å². The lowest BCUT2D eigenvalue weighted by molar-refractivity contribution is 0.264. The second kappa shape index (κ2) is 6.29. The van der Waals surface area contributed by atoms with Gasteiger partial charge in [0.05, 0.1) is 5.56 Å². The van der Waals surface area contributed by atoms with E-state index in [-0.39, 0.29) is 12.0 Å². The summed E-state index contributed by atoms with van der Waals surface area (Å²) in [6.07, 6.45) is 3.55. The first-order valence-electron chi connectivity index (χ1n) is 8.49. The van der Waals surface area contributed by atoms with Gasteiger partial charge in [-0.15, -0.1) is 10.2 Å². The van der Waals surface area contributed by atoms with Crippen molar-refractivity contribution in [3.05, 3.63) is 60.2 Å². The number of ether oxygens (including phenoxy) is 1. The Morgan fingerprint density at radius 1 is 1.04 bits per heavy atom. The number of fused-ring (bicyclic) bond motifs is 1. The minimum Gasteiger partial charge on any atom is -0.484 e. The number of nitrogens with zero attached hydrogens (tertiary/aromatic N) is 3. The minimum absolute atomic E-state index is 0.119. The molecule has 0 radical (unpaired) electrons. The molecule has 6 heteroatoms. The van der Waals surface area contributed by atoms with E-state index in [9.17, 15) is 0 Å². The molecule has 0 aliphatic rings. The number of H-pyrrole nitrogens is 1. The van der Waals surface area contributed by atoms with Gasteiger partial charge in [0.15, 0.2) is 6.61 Å². The van der Waals surface area contributed by atoms with Crippen molar-refractivity contribution in [3.8, 4) is 17.2 Å². The fourth-order valence-corrected chi connectivity index (χ4v) is 2.76. The summed E-state index contributed by atoms with van der Waals surface area (Å²) in [4.78, 5) is 7.34. The van der Waals surface area contributed by atoms with Crippen molar-refractivity contribution in [3.63, 3.8) is 0 Å². The SMILES string of the molecule is CC(C)(C)c1ccc(OCc2nnc(-c3ccnc4[nH]ccc34)o2)cc1. The summed E-state index contributed by atoms with van der Waals surface area (Å²) in [5, 5.41) is 9.17. The minimum atomic E-state index is 0.119. The van der Waals surface area contributed by atoms with Gasteiger partial charge >= 0.3 is 0 Å². The molecule has 0 aliphatic heterocycles. The summed E-state index contributed by atoms with van der Waals surface area (Å²) in [6, 6.07) is 11.9. The van der Waals surface area contributed by atoms with Gasteiger partial charge in [0, 0.05) is 17.8 Å². The third-order valence-electron chi connectivity index (χ3n) is 4.24. The van der Waals surface area contributed by atoms with E-state index in [0.29, 0.717) is 11.8 Å². The van der Waals surface area contributed by atoms with Gasteiger partial charge in [-0.3, -0.25) is 0 Å². The van der Waals surface area contributed by atoms with Crippen LogP contribution in [0.1, 0.15) is 32.2 Å². The number of nitrogens with one attached hydrogen (secondary N) is 1. The molecule has 26 heavy (non-hydrogen) atoms. The van der Waals surface area contributed by atoms with Crippen LogP contribution in [0.3, 0.4) is 0 Å². The normalized spacial score (nSPS) is 11.8. The summed E-state index contributed by atoms with van der Waals surface area (Å²) >= 11 is 0. The molecule has 0 saturated heterocycles. The van der Waals surface area contributed by atoms with Crippen LogP contribution in [0, 0.1) is 0 Å². The predicted molar refractivity (Wildman–Crippen MR) is 98.9 cm³/mol. The highest BCUT2D eigenvalue weighted by Crippen LogP contribution is 2.27. The zero-order chi connectivity index (χ0) is 18.1. The average molecular weight is 348 g/mol. The molecule has 3 aromatic heterocycles. The summed E-state index contributed by atoms with van der Waals surface area (Å²) < 4.78 is 11.5. The number of aromatic nitrogens is 4. The van der Waals surface area contributed by atoms with E-state index in [1.807, 2.05) is 30.5 Å². The lowest BCUT2D eigenvalue weighted by atomic mass is 9.87. The molecule has 4 rings (SSSR count). The lowest BCUT2D eigenvalue weighted by Gasteiger charge is -2.19. The third kappa shape index (κ3) is 3.18. The highest BCUT2D eigenvalue weighted by molar-refractivity contribution is 5.90. The molecule has 1 aromatic carbocycles. The van der Waals surface area contributed by atoms with Crippen molar-refractivity contribution in [2.24, 2.45) is 0 Å². The Labute approximate surface area is 151 Å². The molecule has 0 saturated carbocycles. The van der Waals surface area contributed by atoms with E-state index in [2.05, 4.69) is 53.1 Å². The van der Waals surface area contributed by atoms with Gasteiger partial charge in [-0.05, 0) is 35.2 Å². The van der Waals surface area contributed by atoms with Gasteiger partial charge in [0.2, 0.25) is 5.89 Å². The monoisotopic (exact) mass is 348 g/mol. The molecule has 4 aromatic rings. The van der Waals surface area contributed by atoms with Crippen LogP contribution in [0.2, 0.25) is 0 Å². The summed E-state index contributed by atoms with van der Waals surface area (Å²) in [5.41, 5.74) is 3.02. The van der Waals surface area contributed by atoms with Crippen LogP contribution in [0.25, 0.3) is 22.5 Å². The van der Waals surface area contributed by atoms with Crippen molar-refractivity contribution >= 4 is 11.0 Å². The number of hydrogen-bond acceptors (Lipinski definition) is 5. The number of benzene rings is 1. The van der Waals surface area contributed by atoms with E-state index >= 15 is 0 Å². The Balaban J connectivity index is 1.48. The van der Waals surface area contributed by atoms with E-state index in [1.165, 1.54) is 5.56 Å². The number of hydrogen-bond donors (Lipinski definition) is 1. The molecule has 0 fully saturated rings. The maximum atomic E-state index is 5.77. The molecular weight excluding hydrogens is 328 g/mol. The standard InChI is InChI=1S/C20H20N4O2/c1-20(2,3)13-4-6-14(7-5-13)25-12-17-23-24-19(26-17)16-9-11-22-18-15(16)8-10-21-18/h4-11H,12H2,1-3H3,(H,21,22). The first kappa shape index (κ1) is 16.3. The second-order valence-corrected chi connectivity index (χ2v) is 7.16. The van der Waals surface area contributed by atoms with Crippen molar-refractivity contribution in [1.82, 2.24) is 20.2 Å². The van der Waals surface area contributed by atoms with Gasteiger partial charge in [0.1, 0.15) is 11.4 Å². The molecule has 0 bridgehead atoms. The first-order chi connectivity index (χ1) is 12.5. The fraction of sp³-hybridized carbons (Fsp3) is 0.250. The molecule has 6 nitrogen and oxygen atoms in total. The van der Waals surface area contributed by atoms with Crippen LogP contribution >= 0.6 is 0 Å². The van der Waals surface area contributed by atoms with E-state index in [4.69, 9.17) is 9.15 Å². The Bertz CT molecular complexity index is 1030.